The van der Waals surface area contributed by atoms with Gasteiger partial charge in [0.25, 0.3) is 10.0 Å². The van der Waals surface area contributed by atoms with Crippen molar-refractivity contribution >= 4 is 10.0 Å². The maximum absolute atomic E-state index is 13.1. The van der Waals surface area contributed by atoms with Gasteiger partial charge in [0.15, 0.2) is 5.03 Å². The number of aromatic nitrogens is 2. The molecule has 0 amide bonds. The fourth-order valence-electron chi connectivity index (χ4n) is 2.99. The van der Waals surface area contributed by atoms with Gasteiger partial charge in [-0.05, 0) is 36.5 Å². The maximum atomic E-state index is 13.1. The van der Waals surface area contributed by atoms with E-state index < -0.39 is 10.0 Å². The summed E-state index contributed by atoms with van der Waals surface area (Å²) in [7, 11) is -1.84. The van der Waals surface area contributed by atoms with Crippen molar-refractivity contribution in [3.05, 3.63) is 48.2 Å². The molecule has 0 spiro atoms. The molecular formula is C16H20FN3O2S. The Morgan fingerprint density at radius 3 is 2.61 bits per heavy atom. The molecule has 1 fully saturated rings. The van der Waals surface area contributed by atoms with Crippen LogP contribution >= 0.6 is 0 Å². The molecule has 23 heavy (non-hydrogen) atoms. The molecule has 0 unspecified atom stereocenters. The molecule has 2 aromatic rings. The van der Waals surface area contributed by atoms with Crippen LogP contribution in [0.5, 0.6) is 0 Å². The Morgan fingerprint density at radius 2 is 1.96 bits per heavy atom. The highest BCUT2D eigenvalue weighted by molar-refractivity contribution is 7.89. The maximum Gasteiger partial charge on any atom is 0.262 e. The van der Waals surface area contributed by atoms with E-state index in [2.05, 4.69) is 4.98 Å². The van der Waals surface area contributed by atoms with Crippen LogP contribution in [0, 0.1) is 5.82 Å². The zero-order valence-electron chi connectivity index (χ0n) is 13.0. The topological polar surface area (TPSA) is 55.2 Å². The third-order valence-corrected chi connectivity index (χ3v) is 6.01. The summed E-state index contributed by atoms with van der Waals surface area (Å²) < 4.78 is 41.8. The molecule has 2 heterocycles. The second-order valence-corrected chi connectivity index (χ2v) is 7.87. The minimum atomic E-state index is -3.59. The van der Waals surface area contributed by atoms with Gasteiger partial charge in [0.2, 0.25) is 0 Å². The summed E-state index contributed by atoms with van der Waals surface area (Å²) in [5.74, 6) is -0.197. The number of hydrogen-bond acceptors (Lipinski definition) is 3. The molecule has 0 N–H and O–H groups in total. The molecule has 7 heteroatoms. The Labute approximate surface area is 135 Å². The summed E-state index contributed by atoms with van der Waals surface area (Å²) in [5, 5.41) is 0.0831. The Hall–Kier alpha value is -1.73. The first-order valence-corrected chi connectivity index (χ1v) is 9.14. The van der Waals surface area contributed by atoms with Crippen LogP contribution in [0.2, 0.25) is 0 Å². The van der Waals surface area contributed by atoms with E-state index in [1.54, 1.807) is 23.7 Å². The quantitative estimate of drug-likeness (QED) is 0.865. The second-order valence-electron chi connectivity index (χ2n) is 5.98. The number of benzene rings is 1. The fourth-order valence-corrected chi connectivity index (χ4v) is 4.48. The van der Waals surface area contributed by atoms with Crippen LogP contribution in [0.3, 0.4) is 0 Å². The lowest BCUT2D eigenvalue weighted by atomic mass is 9.95. The standard InChI is InChI=1S/C16H20FN3O2S/c1-19-11-16(18-12-19)23(21,22)20-9-3-2-4-14(10-20)13-5-7-15(17)8-6-13/h5-8,11-12,14H,2-4,9-10H2,1H3/t14-/m0/s1. The van der Waals surface area contributed by atoms with E-state index in [1.165, 1.54) is 29.0 Å². The number of imidazole rings is 1. The Kier molecular flexibility index (Phi) is 4.50. The van der Waals surface area contributed by atoms with Gasteiger partial charge in [0.05, 0.1) is 6.33 Å². The average molecular weight is 337 g/mol. The van der Waals surface area contributed by atoms with Gasteiger partial charge in [-0.3, -0.25) is 0 Å². The molecule has 5 nitrogen and oxygen atoms in total. The highest BCUT2D eigenvalue weighted by Gasteiger charge is 2.31. The first kappa shape index (κ1) is 16.1. The third kappa shape index (κ3) is 3.45. The van der Waals surface area contributed by atoms with Crippen molar-refractivity contribution in [2.24, 2.45) is 7.05 Å². The van der Waals surface area contributed by atoms with Gasteiger partial charge in [-0.15, -0.1) is 0 Å². The van der Waals surface area contributed by atoms with Crippen LogP contribution in [0.4, 0.5) is 4.39 Å². The van der Waals surface area contributed by atoms with E-state index in [-0.39, 0.29) is 16.8 Å². The number of hydrogen-bond donors (Lipinski definition) is 0. The first-order chi connectivity index (χ1) is 11.0. The van der Waals surface area contributed by atoms with Crippen LogP contribution in [0.15, 0.2) is 41.8 Å². The summed E-state index contributed by atoms with van der Waals surface area (Å²) in [6.45, 7) is 0.904. The van der Waals surface area contributed by atoms with Crippen LogP contribution in [0.25, 0.3) is 0 Å². The predicted octanol–water partition coefficient (Wildman–Crippen LogP) is 2.52. The summed E-state index contributed by atoms with van der Waals surface area (Å²) in [5.41, 5.74) is 0.981. The fraction of sp³-hybridized carbons (Fsp3) is 0.438. The normalized spacial score (nSPS) is 20.3. The lowest BCUT2D eigenvalue weighted by Crippen LogP contribution is -2.34. The van der Waals surface area contributed by atoms with Crippen molar-refractivity contribution in [2.45, 2.75) is 30.2 Å². The molecule has 0 saturated carbocycles. The van der Waals surface area contributed by atoms with E-state index in [0.29, 0.717) is 13.1 Å². The monoisotopic (exact) mass is 337 g/mol. The van der Waals surface area contributed by atoms with Crippen LogP contribution in [-0.2, 0) is 17.1 Å². The number of sulfonamides is 1. The Morgan fingerprint density at radius 1 is 1.22 bits per heavy atom. The Bertz CT molecular complexity index is 771. The summed E-state index contributed by atoms with van der Waals surface area (Å²) in [6.07, 6.45) is 5.69. The molecule has 0 bridgehead atoms. The molecule has 1 aromatic heterocycles. The van der Waals surface area contributed by atoms with Crippen LogP contribution < -0.4 is 0 Å². The largest absolute Gasteiger partial charge is 0.339 e. The number of rotatable bonds is 3. The van der Waals surface area contributed by atoms with E-state index in [1.807, 2.05) is 0 Å². The third-order valence-electron chi connectivity index (χ3n) is 4.26. The lowest BCUT2D eigenvalue weighted by molar-refractivity contribution is 0.404. The smallest absolute Gasteiger partial charge is 0.262 e. The molecule has 1 aliphatic heterocycles. The molecule has 124 valence electrons. The SMILES string of the molecule is Cn1cnc(S(=O)(=O)N2CCCC[C@H](c3ccc(F)cc3)C2)c1. The number of nitrogens with zero attached hydrogens (tertiary/aromatic N) is 3. The Balaban J connectivity index is 1.86. The summed E-state index contributed by atoms with van der Waals surface area (Å²) >= 11 is 0. The van der Waals surface area contributed by atoms with E-state index in [4.69, 9.17) is 0 Å². The van der Waals surface area contributed by atoms with Gasteiger partial charge in [0.1, 0.15) is 5.82 Å². The van der Waals surface area contributed by atoms with Gasteiger partial charge >= 0.3 is 0 Å². The summed E-state index contributed by atoms with van der Waals surface area (Å²) in [6, 6.07) is 6.35. The molecule has 1 aliphatic rings. The molecular weight excluding hydrogens is 317 g/mol. The van der Waals surface area contributed by atoms with Crippen molar-refractivity contribution in [3.8, 4) is 0 Å². The van der Waals surface area contributed by atoms with Crippen molar-refractivity contribution in [1.29, 1.82) is 0 Å². The second kappa shape index (κ2) is 6.41. The van der Waals surface area contributed by atoms with Crippen molar-refractivity contribution < 1.29 is 12.8 Å². The molecule has 1 aromatic carbocycles. The highest BCUT2D eigenvalue weighted by atomic mass is 32.2. The zero-order chi connectivity index (χ0) is 16.4. The molecule has 3 rings (SSSR count). The summed E-state index contributed by atoms with van der Waals surface area (Å²) in [4.78, 5) is 3.99. The van der Waals surface area contributed by atoms with Gasteiger partial charge in [0, 0.05) is 26.3 Å². The minimum absolute atomic E-state index is 0.0802. The minimum Gasteiger partial charge on any atom is -0.339 e. The van der Waals surface area contributed by atoms with E-state index in [9.17, 15) is 12.8 Å². The van der Waals surface area contributed by atoms with Gasteiger partial charge in [-0.2, -0.15) is 4.31 Å². The first-order valence-electron chi connectivity index (χ1n) is 7.70. The molecule has 0 radical (unpaired) electrons. The molecule has 1 atom stereocenters. The van der Waals surface area contributed by atoms with Crippen molar-refractivity contribution in [1.82, 2.24) is 13.9 Å². The van der Waals surface area contributed by atoms with Crippen molar-refractivity contribution in [3.63, 3.8) is 0 Å². The van der Waals surface area contributed by atoms with Crippen LogP contribution in [0.1, 0.15) is 30.7 Å². The predicted molar refractivity (Wildman–Crippen MR) is 85.0 cm³/mol. The molecule has 1 saturated heterocycles. The van der Waals surface area contributed by atoms with Crippen LogP contribution in [-0.4, -0.2) is 35.4 Å². The lowest BCUT2D eigenvalue weighted by Gasteiger charge is -2.23. The number of halogens is 1. The number of aryl methyl sites for hydroxylation is 1. The zero-order valence-corrected chi connectivity index (χ0v) is 13.8. The van der Waals surface area contributed by atoms with E-state index in [0.717, 1.165) is 24.8 Å². The van der Waals surface area contributed by atoms with Gasteiger partial charge in [-0.1, -0.05) is 18.6 Å². The van der Waals surface area contributed by atoms with Crippen molar-refractivity contribution in [2.75, 3.05) is 13.1 Å². The van der Waals surface area contributed by atoms with E-state index >= 15 is 0 Å². The highest BCUT2D eigenvalue weighted by Crippen LogP contribution is 2.29. The van der Waals surface area contributed by atoms with Gasteiger partial charge < -0.3 is 4.57 Å². The van der Waals surface area contributed by atoms with Gasteiger partial charge in [-0.25, -0.2) is 17.8 Å². The average Bonchev–Trinajstić information content (AvgIpc) is 2.82. The molecule has 0 aliphatic carbocycles.